The Balaban J connectivity index is 1.63. The SMILES string of the molecule is O=C(NCc1ccc(F)cc1)c1nc(C2CC(O)CN2C(=O)c2ccccc2)[nH]c(=O)c1CO. The Morgan fingerprint density at radius 2 is 1.85 bits per heavy atom. The number of halogens is 1. The maximum atomic E-state index is 13.1. The molecule has 4 N–H and O–H groups in total. The lowest BCUT2D eigenvalue weighted by atomic mass is 10.1. The molecule has 0 spiro atoms. The average Bonchev–Trinajstić information content (AvgIpc) is 3.24. The molecule has 176 valence electrons. The zero-order valence-corrected chi connectivity index (χ0v) is 18.1. The number of aromatic amines is 1. The van der Waals surface area contributed by atoms with Gasteiger partial charge >= 0.3 is 0 Å². The van der Waals surface area contributed by atoms with E-state index in [9.17, 15) is 29.0 Å². The van der Waals surface area contributed by atoms with Crippen LogP contribution < -0.4 is 10.9 Å². The van der Waals surface area contributed by atoms with Crippen molar-refractivity contribution < 1.29 is 24.2 Å². The summed E-state index contributed by atoms with van der Waals surface area (Å²) in [5, 5.41) is 22.5. The van der Waals surface area contributed by atoms with Gasteiger partial charge in [0.1, 0.15) is 17.3 Å². The fourth-order valence-corrected chi connectivity index (χ4v) is 3.92. The number of rotatable bonds is 6. The summed E-state index contributed by atoms with van der Waals surface area (Å²) in [6.07, 6.45) is -0.715. The first-order valence-electron chi connectivity index (χ1n) is 10.7. The lowest BCUT2D eigenvalue weighted by molar-refractivity contribution is 0.0710. The van der Waals surface area contributed by atoms with Crippen LogP contribution in [0.3, 0.4) is 0 Å². The standard InChI is InChI=1S/C24H23FN4O5/c25-16-8-6-14(7-9-16)11-26-23(33)20-18(13-30)22(32)28-21(27-20)19-10-17(31)12-29(19)24(34)15-4-2-1-3-5-15/h1-9,17,19,30-31H,10-13H2,(H,26,33)(H,27,28,32). The van der Waals surface area contributed by atoms with E-state index in [0.29, 0.717) is 11.1 Å². The molecule has 9 nitrogen and oxygen atoms in total. The molecule has 10 heteroatoms. The number of β-amino-alcohol motifs (C(OH)–C–C–N with tert-alkyl or cyclic N) is 1. The number of carbonyl (C=O) groups excluding carboxylic acids is 2. The van der Waals surface area contributed by atoms with E-state index >= 15 is 0 Å². The maximum absolute atomic E-state index is 13.1. The van der Waals surface area contributed by atoms with Crippen LogP contribution in [0.1, 0.15) is 50.3 Å². The lowest BCUT2D eigenvalue weighted by Gasteiger charge is -2.24. The van der Waals surface area contributed by atoms with Gasteiger partial charge in [-0.25, -0.2) is 9.37 Å². The van der Waals surface area contributed by atoms with Gasteiger partial charge in [0.2, 0.25) is 0 Å². The van der Waals surface area contributed by atoms with Crippen LogP contribution in [0.15, 0.2) is 59.4 Å². The van der Waals surface area contributed by atoms with E-state index < -0.39 is 36.0 Å². The first-order valence-corrected chi connectivity index (χ1v) is 10.7. The number of amides is 2. The molecule has 2 heterocycles. The van der Waals surface area contributed by atoms with Gasteiger partial charge in [-0.3, -0.25) is 14.4 Å². The van der Waals surface area contributed by atoms with E-state index in [0.717, 1.165) is 0 Å². The number of nitrogens with zero attached hydrogens (tertiary/aromatic N) is 2. The molecule has 1 aromatic heterocycles. The second-order valence-corrected chi connectivity index (χ2v) is 7.97. The second-order valence-electron chi connectivity index (χ2n) is 7.97. The number of hydrogen-bond donors (Lipinski definition) is 4. The van der Waals surface area contributed by atoms with Gasteiger partial charge in [0, 0.05) is 25.1 Å². The molecule has 1 fully saturated rings. The number of benzene rings is 2. The van der Waals surface area contributed by atoms with Gasteiger partial charge in [-0.2, -0.15) is 0 Å². The maximum Gasteiger partial charge on any atom is 0.270 e. The summed E-state index contributed by atoms with van der Waals surface area (Å²) >= 11 is 0. The van der Waals surface area contributed by atoms with Gasteiger partial charge in [0.25, 0.3) is 17.4 Å². The lowest BCUT2D eigenvalue weighted by Crippen LogP contribution is -2.35. The van der Waals surface area contributed by atoms with Crippen molar-refractivity contribution in [2.75, 3.05) is 6.54 Å². The van der Waals surface area contributed by atoms with Gasteiger partial charge in [-0.1, -0.05) is 30.3 Å². The average molecular weight is 466 g/mol. The summed E-state index contributed by atoms with van der Waals surface area (Å²) in [5.74, 6) is -1.43. The van der Waals surface area contributed by atoms with Crippen LogP contribution in [-0.2, 0) is 13.2 Å². The number of aromatic nitrogens is 2. The molecule has 0 radical (unpaired) electrons. The molecule has 4 rings (SSSR count). The smallest absolute Gasteiger partial charge is 0.270 e. The fraction of sp³-hybridized carbons (Fsp3) is 0.250. The fourth-order valence-electron chi connectivity index (χ4n) is 3.92. The largest absolute Gasteiger partial charge is 0.391 e. The molecule has 3 aromatic rings. The highest BCUT2D eigenvalue weighted by Gasteiger charge is 2.38. The van der Waals surface area contributed by atoms with Crippen molar-refractivity contribution in [2.24, 2.45) is 0 Å². The Labute approximate surface area is 193 Å². The summed E-state index contributed by atoms with van der Waals surface area (Å²) in [7, 11) is 0. The Morgan fingerprint density at radius 3 is 2.53 bits per heavy atom. The summed E-state index contributed by atoms with van der Waals surface area (Å²) in [6, 6.07) is 13.2. The van der Waals surface area contributed by atoms with Crippen molar-refractivity contribution in [1.82, 2.24) is 20.2 Å². The molecule has 0 aliphatic carbocycles. The monoisotopic (exact) mass is 466 g/mol. The molecule has 2 atom stereocenters. The number of likely N-dealkylation sites (tertiary alicyclic amines) is 1. The zero-order chi connectivity index (χ0) is 24.2. The third-order valence-corrected chi connectivity index (χ3v) is 5.65. The normalized spacial score (nSPS) is 17.6. The van der Waals surface area contributed by atoms with E-state index in [1.165, 1.54) is 29.2 Å². The van der Waals surface area contributed by atoms with Crippen molar-refractivity contribution in [1.29, 1.82) is 0 Å². The van der Waals surface area contributed by atoms with Gasteiger partial charge in [-0.05, 0) is 29.8 Å². The minimum atomic E-state index is -0.837. The molecule has 2 unspecified atom stereocenters. The third-order valence-electron chi connectivity index (χ3n) is 5.65. The van der Waals surface area contributed by atoms with Crippen LogP contribution in [-0.4, -0.2) is 49.5 Å². The van der Waals surface area contributed by atoms with Crippen molar-refractivity contribution in [3.05, 3.63) is 99.0 Å². The quantitative estimate of drug-likeness (QED) is 0.432. The highest BCUT2D eigenvalue weighted by Crippen LogP contribution is 2.31. The van der Waals surface area contributed by atoms with Crippen LogP contribution in [0.2, 0.25) is 0 Å². The van der Waals surface area contributed by atoms with Crippen molar-refractivity contribution in [3.8, 4) is 0 Å². The van der Waals surface area contributed by atoms with E-state index in [1.54, 1.807) is 30.3 Å². The molecular weight excluding hydrogens is 443 g/mol. The highest BCUT2D eigenvalue weighted by atomic mass is 19.1. The number of aliphatic hydroxyl groups excluding tert-OH is 2. The predicted octanol–water partition coefficient (Wildman–Crippen LogP) is 1.28. The topological polar surface area (TPSA) is 136 Å². The number of nitrogens with one attached hydrogen (secondary N) is 2. The van der Waals surface area contributed by atoms with Crippen molar-refractivity contribution in [3.63, 3.8) is 0 Å². The minimum Gasteiger partial charge on any atom is -0.391 e. The Bertz CT molecular complexity index is 1250. The second kappa shape index (κ2) is 9.94. The molecule has 1 saturated heterocycles. The third kappa shape index (κ3) is 4.87. The molecule has 0 bridgehead atoms. The molecule has 2 amide bonds. The summed E-state index contributed by atoms with van der Waals surface area (Å²) < 4.78 is 13.1. The number of H-pyrrole nitrogens is 1. The predicted molar refractivity (Wildman–Crippen MR) is 119 cm³/mol. The molecule has 1 aliphatic heterocycles. The Hall–Kier alpha value is -3.89. The van der Waals surface area contributed by atoms with Crippen LogP contribution in [0.25, 0.3) is 0 Å². The first-order chi connectivity index (χ1) is 16.4. The first kappa shape index (κ1) is 23.3. The van der Waals surface area contributed by atoms with Crippen LogP contribution >= 0.6 is 0 Å². The molecule has 1 aliphatic rings. The molecule has 0 saturated carbocycles. The number of carbonyl (C=O) groups is 2. The van der Waals surface area contributed by atoms with E-state index in [2.05, 4.69) is 15.3 Å². The molecule has 34 heavy (non-hydrogen) atoms. The van der Waals surface area contributed by atoms with Crippen LogP contribution in [0.4, 0.5) is 4.39 Å². The summed E-state index contributed by atoms with van der Waals surface area (Å²) in [5.41, 5.74) is -0.179. The summed E-state index contributed by atoms with van der Waals surface area (Å²) in [6.45, 7) is -0.633. The van der Waals surface area contributed by atoms with Crippen LogP contribution in [0.5, 0.6) is 0 Å². The molecule has 2 aromatic carbocycles. The summed E-state index contributed by atoms with van der Waals surface area (Å²) in [4.78, 5) is 46.8. The number of hydrogen-bond acceptors (Lipinski definition) is 6. The number of aliphatic hydroxyl groups is 2. The van der Waals surface area contributed by atoms with Crippen LogP contribution in [0, 0.1) is 5.82 Å². The van der Waals surface area contributed by atoms with E-state index in [4.69, 9.17) is 0 Å². The van der Waals surface area contributed by atoms with Gasteiger partial charge in [0.15, 0.2) is 0 Å². The van der Waals surface area contributed by atoms with Crippen molar-refractivity contribution >= 4 is 11.8 Å². The van der Waals surface area contributed by atoms with Gasteiger partial charge < -0.3 is 25.4 Å². The zero-order valence-electron chi connectivity index (χ0n) is 18.1. The van der Waals surface area contributed by atoms with E-state index in [-0.39, 0.29) is 42.5 Å². The van der Waals surface area contributed by atoms with E-state index in [1.807, 2.05) is 0 Å². The van der Waals surface area contributed by atoms with Crippen molar-refractivity contribution in [2.45, 2.75) is 31.7 Å². The minimum absolute atomic E-state index is 0.0370. The van der Waals surface area contributed by atoms with Gasteiger partial charge in [-0.15, -0.1) is 0 Å². The Morgan fingerprint density at radius 1 is 1.15 bits per heavy atom. The van der Waals surface area contributed by atoms with Gasteiger partial charge in [0.05, 0.1) is 24.3 Å². The Kier molecular flexibility index (Phi) is 6.80. The highest BCUT2D eigenvalue weighted by molar-refractivity contribution is 5.95. The molecular formula is C24H23FN4O5.